The third kappa shape index (κ3) is 8.46. The van der Waals surface area contributed by atoms with E-state index < -0.39 is 40.5 Å². The number of anilines is 1. The van der Waals surface area contributed by atoms with Crippen LogP contribution in [0.25, 0.3) is 0 Å². The van der Waals surface area contributed by atoms with Crippen molar-refractivity contribution < 1.29 is 33.8 Å². The first-order chi connectivity index (χ1) is 13.0. The summed E-state index contributed by atoms with van der Waals surface area (Å²) in [4.78, 5) is 44.7. The van der Waals surface area contributed by atoms with E-state index in [2.05, 4.69) is 15.5 Å². The van der Waals surface area contributed by atoms with Crippen LogP contribution in [0.15, 0.2) is 10.5 Å². The number of carbonyl (C=O) groups is 3. The van der Waals surface area contributed by atoms with Crippen LogP contribution in [0.5, 0.6) is 0 Å². The van der Waals surface area contributed by atoms with Gasteiger partial charge >= 0.3 is 18.0 Å². The fourth-order valence-corrected chi connectivity index (χ4v) is 2.31. The van der Waals surface area contributed by atoms with Gasteiger partial charge in [-0.1, -0.05) is 5.16 Å². The summed E-state index contributed by atoms with van der Waals surface area (Å²) in [6, 6.07) is 0. The normalized spacial score (nSPS) is 12.9. The van der Waals surface area contributed by atoms with Crippen LogP contribution >= 0.6 is 11.3 Å². The number of oxime groups is 1. The molecule has 29 heavy (non-hydrogen) atoms. The van der Waals surface area contributed by atoms with Gasteiger partial charge in [0.25, 0.3) is 0 Å². The number of carbonyl (C=O) groups excluding carboxylic acids is 2. The van der Waals surface area contributed by atoms with Crippen molar-refractivity contribution >= 4 is 40.2 Å². The minimum absolute atomic E-state index is 0.0476. The highest BCUT2D eigenvalue weighted by Crippen LogP contribution is 2.21. The molecule has 0 unspecified atom stereocenters. The summed E-state index contributed by atoms with van der Waals surface area (Å²) in [5.74, 6) is -2.12. The topological polar surface area (TPSA) is 136 Å². The van der Waals surface area contributed by atoms with Crippen LogP contribution in [-0.2, 0) is 23.9 Å². The van der Waals surface area contributed by atoms with Crippen LogP contribution in [0.3, 0.4) is 0 Å². The number of rotatable bonds is 6. The zero-order valence-corrected chi connectivity index (χ0v) is 18.6. The number of hydrogen-bond donors (Lipinski definition) is 2. The number of ether oxygens (including phenoxy) is 2. The average Bonchev–Trinajstić information content (AvgIpc) is 2.91. The summed E-state index contributed by atoms with van der Waals surface area (Å²) in [6.45, 7) is 13.0. The maximum atomic E-state index is 12.2. The molecule has 0 aliphatic carbocycles. The van der Waals surface area contributed by atoms with Crippen LogP contribution in [0.2, 0.25) is 0 Å². The van der Waals surface area contributed by atoms with Crippen molar-refractivity contribution in [3.63, 3.8) is 0 Å². The number of amides is 1. The summed E-state index contributed by atoms with van der Waals surface area (Å²) in [5, 5.41) is 16.9. The maximum Gasteiger partial charge on any atom is 0.413 e. The van der Waals surface area contributed by atoms with Gasteiger partial charge in [-0.05, 0) is 55.4 Å². The van der Waals surface area contributed by atoms with E-state index in [0.29, 0.717) is 0 Å². The largest absolute Gasteiger partial charge is 0.476 e. The van der Waals surface area contributed by atoms with Crippen LogP contribution in [-0.4, -0.2) is 50.6 Å². The van der Waals surface area contributed by atoms with Gasteiger partial charge in [-0.3, -0.25) is 5.32 Å². The van der Waals surface area contributed by atoms with Gasteiger partial charge in [-0.2, -0.15) is 0 Å². The lowest BCUT2D eigenvalue weighted by atomic mass is 10.1. The number of aromatic nitrogens is 1. The molecule has 162 valence electrons. The highest BCUT2D eigenvalue weighted by molar-refractivity contribution is 7.14. The van der Waals surface area contributed by atoms with E-state index in [1.165, 1.54) is 19.2 Å². The molecule has 0 bridgehead atoms. The molecule has 0 fully saturated rings. The molecule has 0 aliphatic heterocycles. The number of aliphatic carboxylic acids is 1. The Bertz CT molecular complexity index is 801. The monoisotopic (exact) mass is 429 g/mol. The Labute approximate surface area is 173 Å². The van der Waals surface area contributed by atoms with Crippen molar-refractivity contribution in [2.75, 3.05) is 5.32 Å². The van der Waals surface area contributed by atoms with Crippen molar-refractivity contribution in [1.82, 2.24) is 4.98 Å². The molecule has 1 rings (SSSR count). The third-order valence-electron chi connectivity index (χ3n) is 2.81. The summed E-state index contributed by atoms with van der Waals surface area (Å²) in [6.07, 6.45) is -0.727. The SMILES string of the molecule is CC(C)(C)OC(=O)Nc1nc(C(=NOC(C)(C)C(=O)OC(C)(C)C)C(=O)O)cs1. The van der Waals surface area contributed by atoms with E-state index in [0.717, 1.165) is 11.3 Å². The Hall–Kier alpha value is -2.69. The highest BCUT2D eigenvalue weighted by atomic mass is 32.1. The Morgan fingerprint density at radius 1 is 1.03 bits per heavy atom. The predicted molar refractivity (Wildman–Crippen MR) is 107 cm³/mol. The lowest BCUT2D eigenvalue weighted by Gasteiger charge is -2.26. The van der Waals surface area contributed by atoms with Gasteiger partial charge in [0.2, 0.25) is 11.3 Å². The fourth-order valence-electron chi connectivity index (χ4n) is 1.62. The van der Waals surface area contributed by atoms with Crippen molar-refractivity contribution in [3.8, 4) is 0 Å². The second kappa shape index (κ2) is 8.76. The lowest BCUT2D eigenvalue weighted by Crippen LogP contribution is -2.40. The lowest BCUT2D eigenvalue weighted by molar-refractivity contribution is -0.179. The van der Waals surface area contributed by atoms with Crippen molar-refractivity contribution in [1.29, 1.82) is 0 Å². The number of carboxylic acid groups (broad SMARTS) is 1. The Morgan fingerprint density at radius 3 is 2.07 bits per heavy atom. The number of hydrogen-bond acceptors (Lipinski definition) is 9. The summed E-state index contributed by atoms with van der Waals surface area (Å²) >= 11 is 0.983. The number of carboxylic acids is 1. The minimum Gasteiger partial charge on any atom is -0.476 e. The molecule has 0 saturated heterocycles. The van der Waals surface area contributed by atoms with E-state index in [9.17, 15) is 19.5 Å². The summed E-state index contributed by atoms with van der Waals surface area (Å²) in [7, 11) is 0. The smallest absolute Gasteiger partial charge is 0.413 e. The van der Waals surface area contributed by atoms with Crippen molar-refractivity contribution in [2.24, 2.45) is 5.16 Å². The molecule has 1 aromatic rings. The number of thiazole rings is 1. The molecule has 1 aromatic heterocycles. The molecule has 0 aliphatic rings. The zero-order valence-electron chi connectivity index (χ0n) is 17.8. The van der Waals surface area contributed by atoms with Gasteiger partial charge in [-0.15, -0.1) is 11.3 Å². The summed E-state index contributed by atoms with van der Waals surface area (Å²) < 4.78 is 10.3. The van der Waals surface area contributed by atoms with E-state index in [1.54, 1.807) is 41.5 Å². The van der Waals surface area contributed by atoms with Crippen molar-refractivity contribution in [3.05, 3.63) is 11.1 Å². The van der Waals surface area contributed by atoms with Crippen LogP contribution in [0.4, 0.5) is 9.93 Å². The highest BCUT2D eigenvalue weighted by Gasteiger charge is 2.36. The van der Waals surface area contributed by atoms with Crippen LogP contribution in [0.1, 0.15) is 61.1 Å². The molecule has 1 amide bonds. The summed E-state index contributed by atoms with van der Waals surface area (Å²) in [5.41, 5.74) is -3.54. The molecule has 2 N–H and O–H groups in total. The predicted octanol–water partition coefficient (Wildman–Crippen LogP) is 3.42. The maximum absolute atomic E-state index is 12.2. The van der Waals surface area contributed by atoms with Gasteiger partial charge < -0.3 is 19.4 Å². The Morgan fingerprint density at radius 2 is 1.59 bits per heavy atom. The third-order valence-corrected chi connectivity index (χ3v) is 3.57. The zero-order chi connectivity index (χ0) is 22.6. The Balaban J connectivity index is 2.96. The first-order valence-electron chi connectivity index (χ1n) is 8.69. The number of nitrogens with one attached hydrogen (secondary N) is 1. The quantitative estimate of drug-likeness (QED) is 0.399. The van der Waals surface area contributed by atoms with Crippen molar-refractivity contribution in [2.45, 2.75) is 72.2 Å². The molecule has 0 spiro atoms. The second-order valence-corrected chi connectivity index (χ2v) is 9.37. The molecule has 0 saturated carbocycles. The molecular weight excluding hydrogens is 402 g/mol. The molecular formula is C18H27N3O7S. The van der Waals surface area contributed by atoms with Gasteiger partial charge in [0.05, 0.1) is 0 Å². The van der Waals surface area contributed by atoms with E-state index in [-0.39, 0.29) is 10.8 Å². The van der Waals surface area contributed by atoms with Gasteiger partial charge in [-0.25, -0.2) is 19.4 Å². The molecule has 0 radical (unpaired) electrons. The first kappa shape index (κ1) is 24.3. The standard InChI is InChI=1S/C18H27N3O7S/c1-16(2,3)26-13(24)18(7,8)28-21-11(12(22)23)10-9-29-14(19-10)20-15(25)27-17(4,5)6/h9H,1-8H3,(H,22,23)(H,19,20,25). The fraction of sp³-hybridized carbons (Fsp3) is 0.611. The van der Waals surface area contributed by atoms with Gasteiger partial charge in [0, 0.05) is 5.38 Å². The average molecular weight is 429 g/mol. The number of nitrogens with zero attached hydrogens (tertiary/aromatic N) is 2. The molecule has 0 atom stereocenters. The first-order valence-corrected chi connectivity index (χ1v) is 9.57. The molecule has 1 heterocycles. The Kier molecular flexibility index (Phi) is 7.36. The minimum atomic E-state index is -1.53. The van der Waals surface area contributed by atoms with Crippen LogP contribution in [0, 0.1) is 0 Å². The molecule has 0 aromatic carbocycles. The van der Waals surface area contributed by atoms with E-state index in [1.807, 2.05) is 0 Å². The van der Waals surface area contributed by atoms with E-state index >= 15 is 0 Å². The van der Waals surface area contributed by atoms with Gasteiger partial charge in [0.15, 0.2) is 5.13 Å². The van der Waals surface area contributed by atoms with E-state index in [4.69, 9.17) is 14.3 Å². The number of esters is 1. The molecule has 11 heteroatoms. The van der Waals surface area contributed by atoms with Crippen LogP contribution < -0.4 is 5.32 Å². The molecule has 10 nitrogen and oxygen atoms in total. The van der Waals surface area contributed by atoms with Gasteiger partial charge in [0.1, 0.15) is 16.9 Å². The second-order valence-electron chi connectivity index (χ2n) is 8.51.